The van der Waals surface area contributed by atoms with Gasteiger partial charge in [0.25, 0.3) is 0 Å². The first-order valence-corrected chi connectivity index (χ1v) is 8.34. The van der Waals surface area contributed by atoms with Gasteiger partial charge in [0.05, 0.1) is 8.95 Å². The monoisotopic (exact) mass is 430 g/mol. The Labute approximate surface area is 145 Å². The van der Waals surface area contributed by atoms with E-state index in [4.69, 9.17) is 0 Å². The van der Waals surface area contributed by atoms with Crippen molar-refractivity contribution in [2.24, 2.45) is 0 Å². The molecule has 0 spiro atoms. The number of hydrogen-bond acceptors (Lipinski definition) is 1. The lowest BCUT2D eigenvalue weighted by Crippen LogP contribution is -2.18. The third kappa shape index (κ3) is 3.30. The van der Waals surface area contributed by atoms with Crippen LogP contribution in [0, 0.1) is 11.6 Å². The Kier molecular flexibility index (Phi) is 5.50. The molecule has 2 aromatic rings. The molecule has 0 aliphatic rings. The molecule has 0 amide bonds. The minimum absolute atomic E-state index is 0.228. The van der Waals surface area contributed by atoms with Crippen molar-refractivity contribution < 1.29 is 13.6 Å². The van der Waals surface area contributed by atoms with Crippen molar-refractivity contribution in [1.29, 1.82) is 0 Å². The first kappa shape index (κ1) is 17.3. The zero-order chi connectivity index (χ0) is 16.4. The lowest BCUT2D eigenvalue weighted by Gasteiger charge is -2.18. The van der Waals surface area contributed by atoms with Gasteiger partial charge in [0.2, 0.25) is 0 Å². The molecule has 0 radical (unpaired) electrons. The molecule has 0 heterocycles. The van der Waals surface area contributed by atoms with Crippen LogP contribution in [0.15, 0.2) is 45.3 Å². The van der Waals surface area contributed by atoms with Crippen LogP contribution in [0.2, 0.25) is 0 Å². The molecule has 116 valence electrons. The molecule has 1 nitrogen and oxygen atoms in total. The molecule has 0 aliphatic heterocycles. The third-order valence-corrected chi connectivity index (χ3v) is 4.97. The standard InChI is InChI=1S/C17H14Br2F2O/c1-9(11-5-3-7-13(18)15(11)20)17(22)10(2)12-6-4-8-14(19)16(12)21/h3-10H,1-2H3. The smallest absolute Gasteiger partial charge is 0.147 e. The minimum atomic E-state index is -0.661. The highest BCUT2D eigenvalue weighted by Crippen LogP contribution is 2.32. The van der Waals surface area contributed by atoms with Gasteiger partial charge >= 0.3 is 0 Å². The van der Waals surface area contributed by atoms with Gasteiger partial charge in [0, 0.05) is 11.8 Å². The van der Waals surface area contributed by atoms with Crippen molar-refractivity contribution in [3.05, 3.63) is 68.1 Å². The molecule has 0 aromatic heterocycles. The summed E-state index contributed by atoms with van der Waals surface area (Å²) in [5.41, 5.74) is 0.614. The van der Waals surface area contributed by atoms with Gasteiger partial charge in [-0.1, -0.05) is 38.1 Å². The van der Waals surface area contributed by atoms with E-state index in [9.17, 15) is 13.6 Å². The van der Waals surface area contributed by atoms with Crippen LogP contribution >= 0.6 is 31.9 Å². The average molecular weight is 432 g/mol. The van der Waals surface area contributed by atoms with Crippen LogP contribution in [0.1, 0.15) is 36.8 Å². The molecule has 0 bridgehead atoms. The predicted octanol–water partition coefficient (Wildman–Crippen LogP) is 5.97. The average Bonchev–Trinajstić information content (AvgIpc) is 2.50. The Hall–Kier alpha value is -1.07. The number of carbonyl (C=O) groups excluding carboxylic acids is 1. The summed E-state index contributed by atoms with van der Waals surface area (Å²) in [5.74, 6) is -2.46. The first-order valence-electron chi connectivity index (χ1n) is 6.76. The van der Waals surface area contributed by atoms with Gasteiger partial charge < -0.3 is 0 Å². The van der Waals surface area contributed by atoms with E-state index in [1.54, 1.807) is 50.2 Å². The highest BCUT2D eigenvalue weighted by Gasteiger charge is 2.27. The summed E-state index contributed by atoms with van der Waals surface area (Å²) in [6.45, 7) is 3.28. The van der Waals surface area contributed by atoms with Gasteiger partial charge in [0.1, 0.15) is 17.4 Å². The maximum Gasteiger partial charge on any atom is 0.147 e. The molecule has 2 unspecified atom stereocenters. The van der Waals surface area contributed by atoms with Crippen LogP contribution < -0.4 is 0 Å². The summed E-state index contributed by atoms with van der Waals surface area (Å²) in [5, 5.41) is 0. The summed E-state index contributed by atoms with van der Waals surface area (Å²) in [6.07, 6.45) is 0. The summed E-state index contributed by atoms with van der Waals surface area (Å²) >= 11 is 6.23. The zero-order valence-electron chi connectivity index (χ0n) is 12.0. The topological polar surface area (TPSA) is 17.1 Å². The van der Waals surface area contributed by atoms with Crippen molar-refractivity contribution >= 4 is 37.6 Å². The van der Waals surface area contributed by atoms with E-state index in [0.717, 1.165) is 0 Å². The zero-order valence-corrected chi connectivity index (χ0v) is 15.2. The number of carbonyl (C=O) groups is 1. The van der Waals surface area contributed by atoms with E-state index in [-0.39, 0.29) is 5.78 Å². The van der Waals surface area contributed by atoms with E-state index < -0.39 is 23.5 Å². The first-order chi connectivity index (χ1) is 10.3. The summed E-state index contributed by atoms with van der Waals surface area (Å²) in [6, 6.07) is 9.66. The number of halogens is 4. The molecule has 5 heteroatoms. The van der Waals surface area contributed by atoms with Crippen LogP contribution in [0.25, 0.3) is 0 Å². The number of ketones is 1. The summed E-state index contributed by atoms with van der Waals surface area (Å²) in [7, 11) is 0. The summed E-state index contributed by atoms with van der Waals surface area (Å²) in [4.78, 5) is 12.6. The highest BCUT2D eigenvalue weighted by atomic mass is 79.9. The quantitative estimate of drug-likeness (QED) is 0.583. The Morgan fingerprint density at radius 2 is 1.23 bits per heavy atom. The van der Waals surface area contributed by atoms with Crippen molar-refractivity contribution in [1.82, 2.24) is 0 Å². The van der Waals surface area contributed by atoms with E-state index >= 15 is 0 Å². The van der Waals surface area contributed by atoms with Crippen LogP contribution in [-0.2, 0) is 4.79 Å². The van der Waals surface area contributed by atoms with Gasteiger partial charge in [-0.2, -0.15) is 0 Å². The van der Waals surface area contributed by atoms with E-state index in [0.29, 0.717) is 20.1 Å². The minimum Gasteiger partial charge on any atom is -0.298 e. The third-order valence-electron chi connectivity index (χ3n) is 3.75. The van der Waals surface area contributed by atoms with Crippen LogP contribution in [-0.4, -0.2) is 5.78 Å². The van der Waals surface area contributed by atoms with Crippen LogP contribution in [0.5, 0.6) is 0 Å². The summed E-state index contributed by atoms with van der Waals surface area (Å²) < 4.78 is 28.9. The second-order valence-electron chi connectivity index (χ2n) is 5.13. The predicted molar refractivity (Wildman–Crippen MR) is 90.0 cm³/mol. The lowest BCUT2D eigenvalue weighted by molar-refractivity contribution is -0.121. The molecule has 22 heavy (non-hydrogen) atoms. The van der Waals surface area contributed by atoms with E-state index in [2.05, 4.69) is 31.9 Å². The fraction of sp³-hybridized carbons (Fsp3) is 0.235. The highest BCUT2D eigenvalue weighted by molar-refractivity contribution is 9.10. The SMILES string of the molecule is CC(C(=O)C(C)c1cccc(Br)c1F)c1cccc(Br)c1F. The second kappa shape index (κ2) is 7.01. The Balaban J connectivity index is 2.34. The number of hydrogen-bond donors (Lipinski definition) is 0. The van der Waals surface area contributed by atoms with Crippen molar-refractivity contribution in [3.8, 4) is 0 Å². The number of benzene rings is 2. The number of rotatable bonds is 4. The molecular weight excluding hydrogens is 418 g/mol. The largest absolute Gasteiger partial charge is 0.298 e. The van der Waals surface area contributed by atoms with Gasteiger partial charge in [0.15, 0.2) is 0 Å². The molecule has 2 aromatic carbocycles. The van der Waals surface area contributed by atoms with Gasteiger partial charge in [-0.15, -0.1) is 0 Å². The fourth-order valence-electron chi connectivity index (χ4n) is 2.39. The van der Waals surface area contributed by atoms with Crippen molar-refractivity contribution in [2.45, 2.75) is 25.7 Å². The van der Waals surface area contributed by atoms with Crippen LogP contribution in [0.3, 0.4) is 0 Å². The fourth-order valence-corrected chi connectivity index (χ4v) is 3.15. The van der Waals surface area contributed by atoms with E-state index in [1.807, 2.05) is 0 Å². The maximum atomic E-state index is 14.1. The molecule has 2 rings (SSSR count). The second-order valence-corrected chi connectivity index (χ2v) is 6.84. The maximum absolute atomic E-state index is 14.1. The molecule has 0 saturated heterocycles. The Bertz CT molecular complexity index is 656. The lowest BCUT2D eigenvalue weighted by atomic mass is 9.85. The molecule has 0 saturated carbocycles. The molecule has 0 aliphatic carbocycles. The van der Waals surface area contributed by atoms with Gasteiger partial charge in [-0.05, 0) is 55.1 Å². The Morgan fingerprint density at radius 3 is 1.59 bits per heavy atom. The van der Waals surface area contributed by atoms with Crippen molar-refractivity contribution in [2.75, 3.05) is 0 Å². The van der Waals surface area contributed by atoms with Gasteiger partial charge in [-0.25, -0.2) is 8.78 Å². The molecule has 0 fully saturated rings. The van der Waals surface area contributed by atoms with Gasteiger partial charge in [-0.3, -0.25) is 4.79 Å². The van der Waals surface area contributed by atoms with E-state index in [1.165, 1.54) is 0 Å². The normalized spacial score (nSPS) is 13.7. The van der Waals surface area contributed by atoms with Crippen LogP contribution in [0.4, 0.5) is 8.78 Å². The molecule has 2 atom stereocenters. The van der Waals surface area contributed by atoms with Crippen molar-refractivity contribution in [3.63, 3.8) is 0 Å². The molecule has 0 N–H and O–H groups in total. The Morgan fingerprint density at radius 1 is 0.864 bits per heavy atom. The molecular formula is C17H14Br2F2O. The number of Topliss-reactive ketones (excluding diaryl/α,β-unsaturated/α-hetero) is 1.